The minimum atomic E-state index is -4.35. The third-order valence-electron chi connectivity index (χ3n) is 6.91. The fraction of sp³-hybridized carbons (Fsp3) is 0.462. The smallest absolute Gasteiger partial charge is 0.340 e. The summed E-state index contributed by atoms with van der Waals surface area (Å²) in [5.74, 6) is -1.26. The van der Waals surface area contributed by atoms with Crippen LogP contribution in [0.1, 0.15) is 69.9 Å². The van der Waals surface area contributed by atoms with Gasteiger partial charge in [-0.25, -0.2) is 13.8 Å². The van der Waals surface area contributed by atoms with Gasteiger partial charge in [0.1, 0.15) is 5.82 Å². The summed E-state index contributed by atoms with van der Waals surface area (Å²) in [6.45, 7) is 4.00. The van der Waals surface area contributed by atoms with Crippen LogP contribution in [0.4, 0.5) is 27.8 Å². The van der Waals surface area contributed by atoms with E-state index in [1.54, 1.807) is 12.1 Å². The highest BCUT2D eigenvalue weighted by Crippen LogP contribution is 2.55. The molecule has 8 heteroatoms. The Kier molecular flexibility index (Phi) is 7.05. The van der Waals surface area contributed by atoms with Gasteiger partial charge in [0.15, 0.2) is 11.6 Å². The van der Waals surface area contributed by atoms with Crippen molar-refractivity contribution in [3.05, 3.63) is 64.6 Å². The lowest BCUT2D eigenvalue weighted by Gasteiger charge is -2.24. The molecular weight excluding hydrogens is 449 g/mol. The molecule has 2 atom stereocenters. The van der Waals surface area contributed by atoms with Gasteiger partial charge in [-0.2, -0.15) is 13.2 Å². The largest absolute Gasteiger partial charge is 0.412 e. The van der Waals surface area contributed by atoms with E-state index in [9.17, 15) is 22.0 Å². The SMILES string of the molecule is CC.Fc1cncc(F)c1C(Nc1ccc(C2=C(C(F)(F)F)CC3CCCC23)cn1)=C1CCC1. The van der Waals surface area contributed by atoms with E-state index in [1.807, 2.05) is 13.8 Å². The molecule has 0 aliphatic heterocycles. The molecule has 2 unspecified atom stereocenters. The first-order chi connectivity index (χ1) is 16.3. The van der Waals surface area contributed by atoms with Crippen LogP contribution in [0, 0.1) is 23.5 Å². The number of nitrogens with zero attached hydrogens (tertiary/aromatic N) is 2. The topological polar surface area (TPSA) is 37.8 Å². The van der Waals surface area contributed by atoms with Crippen LogP contribution in [0.5, 0.6) is 0 Å². The maximum atomic E-state index is 14.4. The van der Waals surface area contributed by atoms with Crippen molar-refractivity contribution in [3.8, 4) is 0 Å². The van der Waals surface area contributed by atoms with Gasteiger partial charge in [0.2, 0.25) is 0 Å². The number of anilines is 1. The molecule has 3 nitrogen and oxygen atoms in total. The van der Waals surface area contributed by atoms with Crippen molar-refractivity contribution in [1.29, 1.82) is 0 Å². The monoisotopic (exact) mass is 477 g/mol. The molecule has 2 fully saturated rings. The Balaban J connectivity index is 0.00000133. The molecule has 1 N–H and O–H groups in total. The predicted octanol–water partition coefficient (Wildman–Crippen LogP) is 7.92. The number of alkyl halides is 3. The first kappa shape index (κ1) is 24.4. The normalized spacial score (nSPS) is 21.6. The number of nitrogens with one attached hydrogen (secondary N) is 1. The quantitative estimate of drug-likeness (QED) is 0.455. The van der Waals surface area contributed by atoms with Gasteiger partial charge in [0.05, 0.1) is 23.7 Å². The van der Waals surface area contributed by atoms with Crippen molar-refractivity contribution in [2.24, 2.45) is 11.8 Å². The second-order valence-corrected chi connectivity index (χ2v) is 8.76. The summed E-state index contributed by atoms with van der Waals surface area (Å²) in [6.07, 6.45) is 3.95. The lowest BCUT2D eigenvalue weighted by Crippen LogP contribution is -2.13. The predicted molar refractivity (Wildman–Crippen MR) is 123 cm³/mol. The minimum Gasteiger partial charge on any atom is -0.340 e. The molecule has 3 aliphatic rings. The molecule has 2 saturated carbocycles. The zero-order valence-corrected chi connectivity index (χ0v) is 19.3. The third kappa shape index (κ3) is 4.59. The van der Waals surface area contributed by atoms with Crippen molar-refractivity contribution in [1.82, 2.24) is 9.97 Å². The average Bonchev–Trinajstić information content (AvgIpc) is 3.36. The molecule has 0 amide bonds. The number of hydrogen-bond donors (Lipinski definition) is 1. The first-order valence-electron chi connectivity index (χ1n) is 11.9. The molecule has 0 bridgehead atoms. The summed E-state index contributed by atoms with van der Waals surface area (Å²) < 4.78 is 69.8. The zero-order chi connectivity index (χ0) is 24.5. The molecule has 34 heavy (non-hydrogen) atoms. The Morgan fingerprint density at radius 2 is 1.68 bits per heavy atom. The molecule has 0 spiro atoms. The first-order valence-corrected chi connectivity index (χ1v) is 11.9. The lowest BCUT2D eigenvalue weighted by molar-refractivity contribution is -0.0933. The van der Waals surface area contributed by atoms with Crippen LogP contribution >= 0.6 is 0 Å². The van der Waals surface area contributed by atoms with Crippen LogP contribution in [-0.4, -0.2) is 16.1 Å². The van der Waals surface area contributed by atoms with E-state index in [2.05, 4.69) is 15.3 Å². The number of aromatic nitrogens is 2. The zero-order valence-electron chi connectivity index (χ0n) is 19.3. The standard InChI is InChI=1S/C24H22F5N3.C2H6/c25-18-11-30-12-19(26)22(18)23(13-3-1-4-13)32-20-8-7-15(10-31-20)21-16-6-2-5-14(16)9-17(21)24(27,28)29;1-2/h7-8,10-12,14,16H,1-6,9H2,(H,31,32);1-2H3. The van der Waals surface area contributed by atoms with Crippen molar-refractivity contribution in [2.45, 2.75) is 65.0 Å². The van der Waals surface area contributed by atoms with E-state index in [0.29, 0.717) is 35.5 Å². The average molecular weight is 478 g/mol. The third-order valence-corrected chi connectivity index (χ3v) is 6.91. The maximum absolute atomic E-state index is 14.4. The van der Waals surface area contributed by atoms with Crippen LogP contribution < -0.4 is 5.32 Å². The van der Waals surface area contributed by atoms with E-state index >= 15 is 0 Å². The second-order valence-electron chi connectivity index (χ2n) is 8.76. The van der Waals surface area contributed by atoms with Gasteiger partial charge >= 0.3 is 6.18 Å². The summed E-state index contributed by atoms with van der Waals surface area (Å²) in [4.78, 5) is 7.85. The Bertz CT molecular complexity index is 1080. The molecular formula is C26H28F5N3. The number of hydrogen-bond acceptors (Lipinski definition) is 3. The fourth-order valence-electron chi connectivity index (χ4n) is 5.25. The number of pyridine rings is 2. The van der Waals surface area contributed by atoms with E-state index < -0.39 is 23.4 Å². The highest BCUT2D eigenvalue weighted by Gasteiger charge is 2.47. The molecule has 0 radical (unpaired) electrons. The highest BCUT2D eigenvalue weighted by atomic mass is 19.4. The van der Waals surface area contributed by atoms with Gasteiger partial charge in [0.25, 0.3) is 0 Å². The molecule has 2 heterocycles. The molecule has 0 saturated heterocycles. The van der Waals surface area contributed by atoms with E-state index in [4.69, 9.17) is 0 Å². The molecule has 5 rings (SSSR count). The summed E-state index contributed by atoms with van der Waals surface area (Å²) in [6, 6.07) is 3.20. The fourth-order valence-corrected chi connectivity index (χ4v) is 5.25. The molecule has 0 aromatic carbocycles. The van der Waals surface area contributed by atoms with Crippen molar-refractivity contribution >= 4 is 17.1 Å². The Hall–Kier alpha value is -2.77. The Morgan fingerprint density at radius 3 is 2.24 bits per heavy atom. The number of halogens is 5. The van der Waals surface area contributed by atoms with Crippen molar-refractivity contribution in [2.75, 3.05) is 5.32 Å². The van der Waals surface area contributed by atoms with Gasteiger partial charge in [-0.3, -0.25) is 4.98 Å². The Labute approximate surface area is 196 Å². The number of fused-ring (bicyclic) bond motifs is 1. The van der Waals surface area contributed by atoms with Gasteiger partial charge in [-0.05, 0) is 79.2 Å². The van der Waals surface area contributed by atoms with Crippen LogP contribution in [0.25, 0.3) is 11.3 Å². The Morgan fingerprint density at radius 1 is 0.971 bits per heavy atom. The lowest BCUT2D eigenvalue weighted by atomic mass is 9.88. The number of rotatable bonds is 4. The minimum absolute atomic E-state index is 0.0482. The van der Waals surface area contributed by atoms with Crippen LogP contribution in [-0.2, 0) is 0 Å². The maximum Gasteiger partial charge on any atom is 0.412 e. The summed E-state index contributed by atoms with van der Waals surface area (Å²) >= 11 is 0. The van der Waals surface area contributed by atoms with E-state index in [-0.39, 0.29) is 23.8 Å². The van der Waals surface area contributed by atoms with Crippen LogP contribution in [0.15, 0.2) is 41.9 Å². The van der Waals surface area contributed by atoms with Gasteiger partial charge in [-0.15, -0.1) is 0 Å². The van der Waals surface area contributed by atoms with Crippen molar-refractivity contribution in [3.63, 3.8) is 0 Å². The van der Waals surface area contributed by atoms with E-state index in [0.717, 1.165) is 43.7 Å². The molecule has 182 valence electrons. The van der Waals surface area contributed by atoms with Crippen LogP contribution in [0.2, 0.25) is 0 Å². The second kappa shape index (κ2) is 9.84. The van der Waals surface area contributed by atoms with Crippen molar-refractivity contribution < 1.29 is 22.0 Å². The van der Waals surface area contributed by atoms with Crippen LogP contribution in [0.3, 0.4) is 0 Å². The van der Waals surface area contributed by atoms with Gasteiger partial charge < -0.3 is 5.32 Å². The van der Waals surface area contributed by atoms with E-state index in [1.165, 1.54) is 6.20 Å². The summed E-state index contributed by atoms with van der Waals surface area (Å²) in [5.41, 5.74) is 1.41. The summed E-state index contributed by atoms with van der Waals surface area (Å²) in [7, 11) is 0. The summed E-state index contributed by atoms with van der Waals surface area (Å²) in [5, 5.41) is 3.01. The molecule has 2 aromatic rings. The molecule has 3 aliphatic carbocycles. The van der Waals surface area contributed by atoms with Gasteiger partial charge in [-0.1, -0.05) is 20.3 Å². The molecule has 2 aromatic heterocycles. The highest BCUT2D eigenvalue weighted by molar-refractivity contribution is 5.80. The van der Waals surface area contributed by atoms with Gasteiger partial charge in [0, 0.05) is 11.8 Å². The number of allylic oxidation sites excluding steroid dienone is 3.